The predicted molar refractivity (Wildman–Crippen MR) is 42.5 cm³/mol. The Kier molecular flexibility index (Phi) is 4.56. The summed E-state index contributed by atoms with van der Waals surface area (Å²) in [5, 5.41) is 8.12. The Morgan fingerprint density at radius 1 is 1.55 bits per heavy atom. The first-order valence-corrected chi connectivity index (χ1v) is 3.00. The van der Waals surface area contributed by atoms with Gasteiger partial charge in [-0.2, -0.15) is 0 Å². The van der Waals surface area contributed by atoms with Crippen molar-refractivity contribution in [2.75, 3.05) is 6.61 Å². The average Bonchev–Trinajstić information content (AvgIpc) is 1.97. The third-order valence-corrected chi connectivity index (χ3v) is 0.956. The van der Waals surface area contributed by atoms with Gasteiger partial charge in [0.2, 0.25) is 0 Å². The molecule has 1 N–H and O–H groups in total. The van der Waals surface area contributed by atoms with E-state index in [1.54, 1.807) is 12.2 Å². The van der Waals surface area contributed by atoms with Gasteiger partial charge < -0.3 is 9.84 Å². The zero-order chi connectivity index (χ0) is 8.69. The average molecular weight is 154 g/mol. The van der Waals surface area contributed by atoms with Crippen LogP contribution in [-0.4, -0.2) is 17.9 Å². The summed E-state index contributed by atoms with van der Waals surface area (Å²) in [5.41, 5.74) is 0.683. The van der Waals surface area contributed by atoms with Crippen molar-refractivity contribution in [1.29, 1.82) is 0 Å². The molecular formula is C8H10O3. The van der Waals surface area contributed by atoms with Crippen LogP contribution < -0.4 is 0 Å². The first-order chi connectivity index (χ1) is 5.20. The molecule has 0 saturated heterocycles. The molecule has 0 heterocycles. The fourth-order valence-corrected chi connectivity index (χ4v) is 0.472. The van der Waals surface area contributed by atoms with E-state index in [9.17, 15) is 4.79 Å². The molecule has 0 rings (SSSR count). The fourth-order valence-electron chi connectivity index (χ4n) is 0.472. The Balaban J connectivity index is 3.88. The summed E-state index contributed by atoms with van der Waals surface area (Å²) in [4.78, 5) is 9.91. The Labute approximate surface area is 65.3 Å². The highest BCUT2D eigenvalue weighted by atomic mass is 16.7. The predicted octanol–water partition coefficient (Wildman–Crippen LogP) is 1.98. The molecule has 0 aromatic heterocycles. The second kappa shape index (κ2) is 5.29. The minimum atomic E-state index is -1.29. The molecule has 0 aliphatic heterocycles. The van der Waals surface area contributed by atoms with Crippen molar-refractivity contribution >= 4 is 6.16 Å². The first-order valence-electron chi connectivity index (χ1n) is 3.00. The zero-order valence-corrected chi connectivity index (χ0v) is 6.12. The van der Waals surface area contributed by atoms with Gasteiger partial charge in [0.25, 0.3) is 0 Å². The summed E-state index contributed by atoms with van der Waals surface area (Å²) in [6, 6.07) is 0. The molecule has 0 saturated carbocycles. The van der Waals surface area contributed by atoms with Crippen LogP contribution in [0.3, 0.4) is 0 Å². The van der Waals surface area contributed by atoms with E-state index in [4.69, 9.17) is 5.11 Å². The first kappa shape index (κ1) is 9.49. The lowest BCUT2D eigenvalue weighted by Gasteiger charge is -1.98. The van der Waals surface area contributed by atoms with E-state index in [-0.39, 0.29) is 6.61 Å². The molecule has 3 heteroatoms. The van der Waals surface area contributed by atoms with Crippen molar-refractivity contribution in [2.45, 2.75) is 0 Å². The van der Waals surface area contributed by atoms with Crippen LogP contribution in [-0.2, 0) is 4.74 Å². The highest BCUT2D eigenvalue weighted by molar-refractivity contribution is 5.57. The fraction of sp³-hybridized carbons (Fsp3) is 0.125. The molecule has 60 valence electrons. The van der Waals surface area contributed by atoms with Crippen LogP contribution in [0.25, 0.3) is 0 Å². The van der Waals surface area contributed by atoms with E-state index in [2.05, 4.69) is 17.9 Å². The molecule has 0 aromatic carbocycles. The van der Waals surface area contributed by atoms with Gasteiger partial charge in [0, 0.05) is 0 Å². The van der Waals surface area contributed by atoms with Crippen molar-refractivity contribution in [3.05, 3.63) is 37.0 Å². The largest absolute Gasteiger partial charge is 0.506 e. The van der Waals surface area contributed by atoms with Crippen LogP contribution in [0.4, 0.5) is 4.79 Å². The molecule has 3 nitrogen and oxygen atoms in total. The van der Waals surface area contributed by atoms with Crippen LogP contribution in [0.15, 0.2) is 37.0 Å². The molecule has 0 amide bonds. The molecule has 0 fully saturated rings. The van der Waals surface area contributed by atoms with Gasteiger partial charge >= 0.3 is 6.16 Å². The number of rotatable bonds is 4. The number of allylic oxidation sites excluding steroid dienone is 2. The lowest BCUT2D eigenvalue weighted by Crippen LogP contribution is -2.02. The van der Waals surface area contributed by atoms with Gasteiger partial charge in [0.1, 0.15) is 6.61 Å². The van der Waals surface area contributed by atoms with Crippen LogP contribution in [0.2, 0.25) is 0 Å². The number of carboxylic acid groups (broad SMARTS) is 1. The lowest BCUT2D eigenvalue weighted by atomic mass is 10.2. The van der Waals surface area contributed by atoms with Crippen LogP contribution in [0.1, 0.15) is 0 Å². The molecule has 0 atom stereocenters. The Morgan fingerprint density at radius 3 is 2.55 bits per heavy atom. The zero-order valence-electron chi connectivity index (χ0n) is 6.12. The third-order valence-electron chi connectivity index (χ3n) is 0.956. The van der Waals surface area contributed by atoms with E-state index in [0.717, 1.165) is 0 Å². The molecule has 0 aliphatic carbocycles. The molecule has 0 bridgehead atoms. The molecular weight excluding hydrogens is 144 g/mol. The Hall–Kier alpha value is -1.51. The van der Waals surface area contributed by atoms with E-state index in [1.165, 1.54) is 6.08 Å². The summed E-state index contributed by atoms with van der Waals surface area (Å²) >= 11 is 0. The smallest absolute Gasteiger partial charge is 0.450 e. The maximum absolute atomic E-state index is 9.91. The van der Waals surface area contributed by atoms with Gasteiger partial charge in [-0.05, 0) is 5.57 Å². The van der Waals surface area contributed by atoms with Gasteiger partial charge in [-0.1, -0.05) is 31.4 Å². The van der Waals surface area contributed by atoms with E-state index >= 15 is 0 Å². The summed E-state index contributed by atoms with van der Waals surface area (Å²) < 4.78 is 4.28. The monoisotopic (exact) mass is 154 g/mol. The van der Waals surface area contributed by atoms with Crippen LogP contribution in [0, 0.1) is 0 Å². The van der Waals surface area contributed by atoms with Crippen molar-refractivity contribution in [2.24, 2.45) is 0 Å². The second-order valence-electron chi connectivity index (χ2n) is 1.74. The van der Waals surface area contributed by atoms with Crippen molar-refractivity contribution in [1.82, 2.24) is 0 Å². The lowest BCUT2D eigenvalue weighted by molar-refractivity contribution is 0.100. The number of hydrogen-bond donors (Lipinski definition) is 1. The standard InChI is InChI=1S/C8H10O3/c1-3-5-7(4-2)6-11-8(9)10/h3-5H,1-2,6H2,(H,9,10)/b7-5+. The van der Waals surface area contributed by atoms with Crippen LogP contribution in [0.5, 0.6) is 0 Å². The third kappa shape index (κ3) is 4.96. The topological polar surface area (TPSA) is 46.5 Å². The van der Waals surface area contributed by atoms with Gasteiger partial charge in [-0.15, -0.1) is 0 Å². The molecule has 0 aliphatic rings. The summed E-state index contributed by atoms with van der Waals surface area (Å²) in [7, 11) is 0. The van der Waals surface area contributed by atoms with E-state index in [1.807, 2.05) is 0 Å². The van der Waals surface area contributed by atoms with E-state index < -0.39 is 6.16 Å². The maximum Gasteiger partial charge on any atom is 0.506 e. The molecule has 0 aromatic rings. The number of carbonyl (C=O) groups is 1. The molecule has 0 spiro atoms. The number of hydrogen-bond acceptors (Lipinski definition) is 2. The van der Waals surface area contributed by atoms with Gasteiger partial charge in [0.05, 0.1) is 0 Å². The maximum atomic E-state index is 9.91. The van der Waals surface area contributed by atoms with Gasteiger partial charge in [-0.25, -0.2) is 4.79 Å². The highest BCUT2D eigenvalue weighted by Gasteiger charge is 1.96. The van der Waals surface area contributed by atoms with Crippen LogP contribution >= 0.6 is 0 Å². The van der Waals surface area contributed by atoms with Gasteiger partial charge in [0.15, 0.2) is 0 Å². The quantitative estimate of drug-likeness (QED) is 0.497. The van der Waals surface area contributed by atoms with Crippen molar-refractivity contribution in [3.63, 3.8) is 0 Å². The number of ether oxygens (including phenoxy) is 1. The minimum Gasteiger partial charge on any atom is -0.450 e. The normalized spacial score (nSPS) is 10.4. The SMILES string of the molecule is C=C/C=C(\C=C)COC(=O)O. The Morgan fingerprint density at radius 2 is 2.18 bits per heavy atom. The summed E-state index contributed by atoms with van der Waals surface area (Å²) in [6.45, 7) is 6.94. The molecule has 11 heavy (non-hydrogen) atoms. The van der Waals surface area contributed by atoms with E-state index in [0.29, 0.717) is 5.57 Å². The second-order valence-corrected chi connectivity index (χ2v) is 1.74. The highest BCUT2D eigenvalue weighted by Crippen LogP contribution is 1.96. The summed E-state index contributed by atoms with van der Waals surface area (Å²) in [6.07, 6.45) is 3.41. The van der Waals surface area contributed by atoms with Gasteiger partial charge in [-0.3, -0.25) is 0 Å². The van der Waals surface area contributed by atoms with Crippen molar-refractivity contribution < 1.29 is 14.6 Å². The molecule has 0 unspecified atom stereocenters. The Bertz CT molecular complexity index is 192. The summed E-state index contributed by atoms with van der Waals surface area (Å²) in [5.74, 6) is 0. The molecule has 0 radical (unpaired) electrons. The minimum absolute atomic E-state index is 0.0187. The van der Waals surface area contributed by atoms with Crippen molar-refractivity contribution in [3.8, 4) is 0 Å².